The largest absolute Gasteiger partial charge is 0.309 e. The number of likely N-dealkylation sites (N-methyl/N-ethyl adjacent to an activating group) is 1. The fraction of sp³-hybridized carbons (Fsp3) is 0.267. The lowest BCUT2D eigenvalue weighted by Gasteiger charge is -2.19. The van der Waals surface area contributed by atoms with E-state index >= 15 is 0 Å². The molecule has 2 aromatic rings. The maximum absolute atomic E-state index is 13.5. The fourth-order valence-electron chi connectivity index (χ4n) is 2.09. The van der Waals surface area contributed by atoms with Crippen LogP contribution in [-0.4, -0.2) is 11.5 Å². The number of hydrogen-bond donors (Lipinski definition) is 1. The Morgan fingerprint density at radius 3 is 2.85 bits per heavy atom. The topological polar surface area (TPSA) is 24.9 Å². The molecule has 5 heteroatoms. The maximum Gasteiger partial charge on any atom is 0.142 e. The molecular weight excluding hydrogens is 343 g/mol. The van der Waals surface area contributed by atoms with E-state index in [2.05, 4.69) is 26.2 Å². The average molecular weight is 358 g/mol. The van der Waals surface area contributed by atoms with E-state index in [1.54, 1.807) is 12.3 Å². The van der Waals surface area contributed by atoms with E-state index < -0.39 is 0 Å². The lowest BCUT2D eigenvalue weighted by molar-refractivity contribution is 0.532. The molecule has 1 atom stereocenters. The summed E-state index contributed by atoms with van der Waals surface area (Å²) in [7, 11) is 0. The summed E-state index contributed by atoms with van der Waals surface area (Å²) >= 11 is 9.53. The van der Waals surface area contributed by atoms with Crippen molar-refractivity contribution in [2.24, 2.45) is 0 Å². The highest BCUT2D eigenvalue weighted by atomic mass is 79.9. The molecule has 2 nitrogen and oxygen atoms in total. The molecule has 1 aromatic carbocycles. The highest BCUT2D eigenvalue weighted by Gasteiger charge is 2.17. The first kappa shape index (κ1) is 15.4. The van der Waals surface area contributed by atoms with Crippen LogP contribution in [0.3, 0.4) is 0 Å². The van der Waals surface area contributed by atoms with Crippen LogP contribution in [-0.2, 0) is 6.42 Å². The molecule has 1 heterocycles. The van der Waals surface area contributed by atoms with Crippen LogP contribution in [0.25, 0.3) is 0 Å². The molecule has 0 spiro atoms. The fourth-order valence-corrected chi connectivity index (χ4v) is 2.83. The van der Waals surface area contributed by atoms with E-state index in [-0.39, 0.29) is 16.9 Å². The lowest BCUT2D eigenvalue weighted by atomic mass is 10.0. The molecule has 1 unspecified atom stereocenters. The van der Waals surface area contributed by atoms with E-state index in [9.17, 15) is 4.39 Å². The highest BCUT2D eigenvalue weighted by Crippen LogP contribution is 2.28. The quantitative estimate of drug-likeness (QED) is 0.850. The van der Waals surface area contributed by atoms with Gasteiger partial charge in [0.2, 0.25) is 0 Å². The molecule has 106 valence electrons. The van der Waals surface area contributed by atoms with Gasteiger partial charge in [0.05, 0.1) is 16.8 Å². The summed E-state index contributed by atoms with van der Waals surface area (Å²) in [5, 5.41) is 3.54. The third-order valence-electron chi connectivity index (χ3n) is 3.02. The highest BCUT2D eigenvalue weighted by molar-refractivity contribution is 9.10. The van der Waals surface area contributed by atoms with Crippen molar-refractivity contribution in [3.63, 3.8) is 0 Å². The minimum absolute atomic E-state index is 0.0186. The van der Waals surface area contributed by atoms with Crippen LogP contribution in [0, 0.1) is 5.82 Å². The molecule has 0 bridgehead atoms. The first-order chi connectivity index (χ1) is 9.63. The number of hydrogen-bond acceptors (Lipinski definition) is 2. The second-order valence-corrected chi connectivity index (χ2v) is 5.63. The van der Waals surface area contributed by atoms with E-state index in [1.807, 2.05) is 25.1 Å². The van der Waals surface area contributed by atoms with E-state index in [0.29, 0.717) is 6.42 Å². The molecule has 1 aromatic heterocycles. The van der Waals surface area contributed by atoms with Gasteiger partial charge in [-0.3, -0.25) is 4.98 Å². The molecule has 0 saturated carbocycles. The second-order valence-electron chi connectivity index (χ2n) is 4.40. The standard InChI is InChI=1S/C15H15BrClFN2/c1-2-19-13(15-11(16)6-4-8-20-15)9-10-5-3-7-12(18)14(10)17/h3-8,13,19H,2,9H2,1H3. The molecular formula is C15H15BrClFN2. The second kappa shape index (κ2) is 7.16. The molecule has 0 radical (unpaired) electrons. The molecule has 2 rings (SSSR count). The van der Waals surface area contributed by atoms with Crippen LogP contribution >= 0.6 is 27.5 Å². The van der Waals surface area contributed by atoms with E-state index in [1.165, 1.54) is 6.07 Å². The number of aromatic nitrogens is 1. The van der Waals surface area contributed by atoms with Gasteiger partial charge in [-0.15, -0.1) is 0 Å². The number of nitrogens with one attached hydrogen (secondary N) is 1. The van der Waals surface area contributed by atoms with Gasteiger partial charge in [-0.1, -0.05) is 30.7 Å². The minimum atomic E-state index is -0.389. The summed E-state index contributed by atoms with van der Waals surface area (Å²) in [5.41, 5.74) is 1.67. The zero-order valence-electron chi connectivity index (χ0n) is 11.0. The van der Waals surface area contributed by atoms with E-state index in [0.717, 1.165) is 22.3 Å². The van der Waals surface area contributed by atoms with Crippen molar-refractivity contribution in [2.45, 2.75) is 19.4 Å². The number of rotatable bonds is 5. The predicted molar refractivity (Wildman–Crippen MR) is 83.5 cm³/mol. The summed E-state index contributed by atoms with van der Waals surface area (Å²) in [6, 6.07) is 8.67. The molecule has 0 saturated heterocycles. The summed E-state index contributed by atoms with van der Waals surface area (Å²) in [6.07, 6.45) is 2.33. The Hall–Kier alpha value is -0.970. The zero-order chi connectivity index (χ0) is 14.5. The Morgan fingerprint density at radius 2 is 2.15 bits per heavy atom. The first-order valence-electron chi connectivity index (χ1n) is 6.40. The number of halogens is 3. The summed E-state index contributed by atoms with van der Waals surface area (Å²) in [6.45, 7) is 2.82. The van der Waals surface area contributed by atoms with Crippen molar-refractivity contribution < 1.29 is 4.39 Å². The summed E-state index contributed by atoms with van der Waals surface area (Å²) in [4.78, 5) is 4.40. The van der Waals surface area contributed by atoms with Gasteiger partial charge < -0.3 is 5.32 Å². The van der Waals surface area contributed by atoms with Gasteiger partial charge in [0.25, 0.3) is 0 Å². The summed E-state index contributed by atoms with van der Waals surface area (Å²) in [5.74, 6) is -0.389. The minimum Gasteiger partial charge on any atom is -0.309 e. The summed E-state index contributed by atoms with van der Waals surface area (Å²) < 4.78 is 14.4. The number of pyridine rings is 1. The molecule has 1 N–H and O–H groups in total. The third-order valence-corrected chi connectivity index (χ3v) is 4.12. The molecule has 0 aliphatic heterocycles. The zero-order valence-corrected chi connectivity index (χ0v) is 13.4. The molecule has 0 amide bonds. The predicted octanol–water partition coefficient (Wildman–Crippen LogP) is 4.53. The molecule has 0 aliphatic carbocycles. The Balaban J connectivity index is 2.31. The van der Waals surface area contributed by atoms with Crippen LogP contribution in [0.5, 0.6) is 0 Å². The van der Waals surface area contributed by atoms with Crippen LogP contribution in [0.4, 0.5) is 4.39 Å². The van der Waals surface area contributed by atoms with Gasteiger partial charge >= 0.3 is 0 Å². The van der Waals surface area contributed by atoms with Crippen LogP contribution in [0.1, 0.15) is 24.2 Å². The van der Waals surface area contributed by atoms with Crippen molar-refractivity contribution >= 4 is 27.5 Å². The monoisotopic (exact) mass is 356 g/mol. The van der Waals surface area contributed by atoms with Crippen molar-refractivity contribution in [1.82, 2.24) is 10.3 Å². The van der Waals surface area contributed by atoms with Gasteiger partial charge in [-0.25, -0.2) is 4.39 Å². The van der Waals surface area contributed by atoms with Gasteiger partial charge in [-0.2, -0.15) is 0 Å². The Bertz CT molecular complexity index is 592. The van der Waals surface area contributed by atoms with Crippen LogP contribution in [0.15, 0.2) is 41.0 Å². The first-order valence-corrected chi connectivity index (χ1v) is 7.57. The maximum atomic E-state index is 13.5. The third kappa shape index (κ3) is 3.57. The number of benzene rings is 1. The van der Waals surface area contributed by atoms with Gasteiger partial charge in [0.15, 0.2) is 0 Å². The molecule has 20 heavy (non-hydrogen) atoms. The molecule has 0 aliphatic rings. The average Bonchev–Trinajstić information content (AvgIpc) is 2.44. The SMILES string of the molecule is CCNC(Cc1cccc(F)c1Cl)c1ncccc1Br. The van der Waals surface area contributed by atoms with Crippen molar-refractivity contribution in [3.8, 4) is 0 Å². The Kier molecular flexibility index (Phi) is 5.52. The normalized spacial score (nSPS) is 12.4. The smallest absolute Gasteiger partial charge is 0.142 e. The van der Waals surface area contributed by atoms with Crippen molar-refractivity contribution in [2.75, 3.05) is 6.54 Å². The van der Waals surface area contributed by atoms with Crippen LogP contribution in [0.2, 0.25) is 5.02 Å². The van der Waals surface area contributed by atoms with E-state index in [4.69, 9.17) is 11.6 Å². The van der Waals surface area contributed by atoms with Crippen LogP contribution < -0.4 is 5.32 Å². The van der Waals surface area contributed by atoms with Gasteiger partial charge in [-0.05, 0) is 52.7 Å². The molecule has 0 fully saturated rings. The lowest BCUT2D eigenvalue weighted by Crippen LogP contribution is -2.24. The van der Waals surface area contributed by atoms with Crippen molar-refractivity contribution in [1.29, 1.82) is 0 Å². The van der Waals surface area contributed by atoms with Gasteiger partial charge in [0.1, 0.15) is 5.82 Å². The van der Waals surface area contributed by atoms with Crippen molar-refractivity contribution in [3.05, 3.63) is 63.1 Å². The Labute approximate surface area is 131 Å². The van der Waals surface area contributed by atoms with Gasteiger partial charge in [0, 0.05) is 10.7 Å². The number of nitrogens with zero attached hydrogens (tertiary/aromatic N) is 1. The Morgan fingerprint density at radius 1 is 1.35 bits per heavy atom.